The second-order valence-electron chi connectivity index (χ2n) is 6.53. The predicted octanol–water partition coefficient (Wildman–Crippen LogP) is 3.34. The molecular formula is C20H14ClN5O2. The van der Waals surface area contributed by atoms with Crippen LogP contribution in [0, 0.1) is 0 Å². The monoisotopic (exact) mass is 391 g/mol. The first kappa shape index (κ1) is 16.6. The van der Waals surface area contributed by atoms with Gasteiger partial charge in [-0.2, -0.15) is 5.10 Å². The third-order valence-corrected chi connectivity index (χ3v) is 5.12. The van der Waals surface area contributed by atoms with Crippen molar-refractivity contribution >= 4 is 23.2 Å². The van der Waals surface area contributed by atoms with Crippen molar-refractivity contribution in [3.63, 3.8) is 0 Å². The van der Waals surface area contributed by atoms with E-state index in [4.69, 9.17) is 11.6 Å². The molecule has 8 heteroatoms. The molecule has 5 rings (SSSR count). The standard InChI is InChI=1S/C20H14ClN5O2/c21-12-8-6-11(7-9-12)16-14-13(10-4-2-1-3-5-10)15-17(22-18(14)26-25-16)23-20(28)24-19(15)27/h1-9,13H,(H4,22,23,24,25,26,27,28)/t13-/m1/s1. The Labute approximate surface area is 163 Å². The lowest BCUT2D eigenvalue weighted by Crippen LogP contribution is -2.31. The Morgan fingerprint density at radius 3 is 2.39 bits per heavy atom. The van der Waals surface area contributed by atoms with Crippen LogP contribution in [0.2, 0.25) is 5.02 Å². The van der Waals surface area contributed by atoms with E-state index in [-0.39, 0.29) is 0 Å². The molecule has 2 aromatic heterocycles. The third-order valence-electron chi connectivity index (χ3n) is 4.87. The van der Waals surface area contributed by atoms with Crippen LogP contribution in [0.15, 0.2) is 64.2 Å². The van der Waals surface area contributed by atoms with Crippen molar-refractivity contribution in [1.82, 2.24) is 20.2 Å². The molecule has 0 saturated carbocycles. The Balaban J connectivity index is 1.80. The van der Waals surface area contributed by atoms with E-state index in [2.05, 4.69) is 25.5 Å². The van der Waals surface area contributed by atoms with Crippen molar-refractivity contribution in [3.05, 3.63) is 97.1 Å². The molecule has 0 unspecified atom stereocenters. The van der Waals surface area contributed by atoms with E-state index in [1.807, 2.05) is 42.5 Å². The van der Waals surface area contributed by atoms with Crippen LogP contribution in [0.1, 0.15) is 22.6 Å². The molecule has 0 amide bonds. The fourth-order valence-electron chi connectivity index (χ4n) is 3.68. The van der Waals surface area contributed by atoms with E-state index in [0.717, 1.165) is 22.4 Å². The van der Waals surface area contributed by atoms with Gasteiger partial charge in [-0.05, 0) is 17.7 Å². The number of benzene rings is 2. The van der Waals surface area contributed by atoms with Gasteiger partial charge in [0.2, 0.25) is 0 Å². The first-order valence-electron chi connectivity index (χ1n) is 8.64. The number of hydrogen-bond acceptors (Lipinski definition) is 4. The van der Waals surface area contributed by atoms with Gasteiger partial charge < -0.3 is 5.32 Å². The van der Waals surface area contributed by atoms with Gasteiger partial charge in [-0.25, -0.2) is 4.79 Å². The van der Waals surface area contributed by atoms with Crippen LogP contribution in [-0.4, -0.2) is 20.2 Å². The minimum atomic E-state index is -0.569. The quantitative estimate of drug-likeness (QED) is 0.370. The Bertz CT molecular complexity index is 1290. The number of aromatic nitrogens is 4. The van der Waals surface area contributed by atoms with Crippen LogP contribution in [0.25, 0.3) is 11.3 Å². The van der Waals surface area contributed by atoms with Gasteiger partial charge in [0.05, 0.1) is 11.3 Å². The van der Waals surface area contributed by atoms with Gasteiger partial charge in [-0.15, -0.1) is 0 Å². The van der Waals surface area contributed by atoms with Crippen molar-refractivity contribution in [2.24, 2.45) is 0 Å². The number of H-pyrrole nitrogens is 3. The molecule has 1 aliphatic rings. The zero-order valence-corrected chi connectivity index (χ0v) is 15.2. The molecule has 1 aliphatic heterocycles. The van der Waals surface area contributed by atoms with E-state index < -0.39 is 17.2 Å². The lowest BCUT2D eigenvalue weighted by Gasteiger charge is -2.26. The number of nitrogens with one attached hydrogen (secondary N) is 4. The maximum atomic E-state index is 12.7. The fraction of sp³-hybridized carbons (Fsp3) is 0.0500. The van der Waals surface area contributed by atoms with Gasteiger partial charge in [0.1, 0.15) is 5.82 Å². The Hall–Kier alpha value is -3.58. The van der Waals surface area contributed by atoms with E-state index in [1.165, 1.54) is 0 Å². The highest BCUT2D eigenvalue weighted by Gasteiger charge is 2.35. The number of rotatable bonds is 2. The van der Waals surface area contributed by atoms with E-state index in [9.17, 15) is 9.59 Å². The summed E-state index contributed by atoms with van der Waals surface area (Å²) in [5, 5.41) is 11.2. The molecule has 0 aliphatic carbocycles. The van der Waals surface area contributed by atoms with Crippen LogP contribution in [0.4, 0.5) is 11.6 Å². The molecule has 4 N–H and O–H groups in total. The van der Waals surface area contributed by atoms with Gasteiger partial charge in [-0.3, -0.25) is 19.9 Å². The van der Waals surface area contributed by atoms with Crippen molar-refractivity contribution in [2.45, 2.75) is 5.92 Å². The fourth-order valence-corrected chi connectivity index (χ4v) is 3.80. The van der Waals surface area contributed by atoms with Crippen LogP contribution >= 0.6 is 11.6 Å². The number of anilines is 2. The average Bonchev–Trinajstić information content (AvgIpc) is 3.11. The first-order chi connectivity index (χ1) is 13.6. The van der Waals surface area contributed by atoms with Crippen molar-refractivity contribution in [1.29, 1.82) is 0 Å². The SMILES string of the molecule is O=c1[nH]c2c(c(=O)[nH]1)[C@H](c1ccccc1)c1c(n[nH]c1-c1ccc(Cl)cc1)N2. The summed E-state index contributed by atoms with van der Waals surface area (Å²) in [4.78, 5) is 29.5. The molecule has 138 valence electrons. The molecule has 2 aromatic carbocycles. The molecule has 3 heterocycles. The molecule has 0 saturated heterocycles. The van der Waals surface area contributed by atoms with Gasteiger partial charge in [0, 0.05) is 22.1 Å². The number of aromatic amines is 3. The van der Waals surface area contributed by atoms with Gasteiger partial charge >= 0.3 is 5.69 Å². The highest BCUT2D eigenvalue weighted by Crippen LogP contribution is 2.45. The van der Waals surface area contributed by atoms with Crippen molar-refractivity contribution in [2.75, 3.05) is 5.32 Å². The van der Waals surface area contributed by atoms with Gasteiger partial charge in [0.15, 0.2) is 5.82 Å². The maximum Gasteiger partial charge on any atom is 0.327 e. The maximum absolute atomic E-state index is 12.7. The number of nitrogens with zero attached hydrogens (tertiary/aromatic N) is 1. The Kier molecular flexibility index (Phi) is 3.70. The summed E-state index contributed by atoms with van der Waals surface area (Å²) in [6.45, 7) is 0. The summed E-state index contributed by atoms with van der Waals surface area (Å²) < 4.78 is 0. The van der Waals surface area contributed by atoms with Crippen LogP contribution in [0.3, 0.4) is 0 Å². The zero-order valence-electron chi connectivity index (χ0n) is 14.4. The van der Waals surface area contributed by atoms with Crippen molar-refractivity contribution in [3.8, 4) is 11.3 Å². The predicted molar refractivity (Wildman–Crippen MR) is 107 cm³/mol. The molecule has 1 atom stereocenters. The molecule has 7 nitrogen and oxygen atoms in total. The van der Waals surface area contributed by atoms with E-state index >= 15 is 0 Å². The summed E-state index contributed by atoms with van der Waals surface area (Å²) in [5.74, 6) is 0.509. The zero-order chi connectivity index (χ0) is 19.3. The molecule has 28 heavy (non-hydrogen) atoms. The van der Waals surface area contributed by atoms with E-state index in [0.29, 0.717) is 22.2 Å². The minimum absolute atomic E-state index is 0.351. The van der Waals surface area contributed by atoms with Gasteiger partial charge in [0.25, 0.3) is 5.56 Å². The number of fused-ring (bicyclic) bond motifs is 2. The lowest BCUT2D eigenvalue weighted by atomic mass is 9.82. The smallest absolute Gasteiger partial charge is 0.324 e. The summed E-state index contributed by atoms with van der Waals surface area (Å²) in [6.07, 6.45) is 0. The largest absolute Gasteiger partial charge is 0.327 e. The van der Waals surface area contributed by atoms with E-state index in [1.54, 1.807) is 12.1 Å². The highest BCUT2D eigenvalue weighted by molar-refractivity contribution is 6.30. The summed E-state index contributed by atoms with van der Waals surface area (Å²) in [5.41, 5.74) is 2.86. The van der Waals surface area contributed by atoms with Gasteiger partial charge in [-0.1, -0.05) is 54.1 Å². The van der Waals surface area contributed by atoms with Crippen molar-refractivity contribution < 1.29 is 0 Å². The number of hydrogen-bond donors (Lipinski definition) is 4. The molecule has 0 radical (unpaired) electrons. The Morgan fingerprint density at radius 2 is 1.64 bits per heavy atom. The average molecular weight is 392 g/mol. The lowest BCUT2D eigenvalue weighted by molar-refractivity contribution is 0.888. The third kappa shape index (κ3) is 2.56. The molecular weight excluding hydrogens is 378 g/mol. The Morgan fingerprint density at radius 1 is 0.893 bits per heavy atom. The van der Waals surface area contributed by atoms with Crippen LogP contribution in [0.5, 0.6) is 0 Å². The first-order valence-corrected chi connectivity index (χ1v) is 9.02. The normalized spacial score (nSPS) is 14.8. The molecule has 0 fully saturated rings. The summed E-state index contributed by atoms with van der Waals surface area (Å²) >= 11 is 6.03. The summed E-state index contributed by atoms with van der Waals surface area (Å²) in [7, 11) is 0. The molecule has 0 bridgehead atoms. The molecule has 4 aromatic rings. The highest BCUT2D eigenvalue weighted by atomic mass is 35.5. The van der Waals surface area contributed by atoms with Crippen LogP contribution in [-0.2, 0) is 0 Å². The molecule has 0 spiro atoms. The second kappa shape index (κ2) is 6.24. The summed E-state index contributed by atoms with van der Waals surface area (Å²) in [6, 6.07) is 17.0. The minimum Gasteiger partial charge on any atom is -0.324 e. The van der Waals surface area contributed by atoms with Crippen LogP contribution < -0.4 is 16.6 Å². The number of halogens is 1. The topological polar surface area (TPSA) is 106 Å². The second-order valence-corrected chi connectivity index (χ2v) is 6.97.